The van der Waals surface area contributed by atoms with Crippen LogP contribution in [0.2, 0.25) is 0 Å². The summed E-state index contributed by atoms with van der Waals surface area (Å²) in [6.45, 7) is 6.19. The zero-order valence-corrected chi connectivity index (χ0v) is 16.9. The minimum absolute atomic E-state index is 0.164. The van der Waals surface area contributed by atoms with Crippen LogP contribution in [0.4, 0.5) is 10.8 Å². The quantitative estimate of drug-likeness (QED) is 0.717. The molecule has 1 aliphatic heterocycles. The van der Waals surface area contributed by atoms with Gasteiger partial charge in [-0.15, -0.1) is 10.2 Å². The Kier molecular flexibility index (Phi) is 6.35. The van der Waals surface area contributed by atoms with Crippen LogP contribution in [-0.4, -0.2) is 40.4 Å². The number of aromatic nitrogens is 2. The molecule has 9 heteroatoms. The van der Waals surface area contributed by atoms with E-state index in [2.05, 4.69) is 34.5 Å². The first kappa shape index (κ1) is 19.9. The first-order valence-corrected chi connectivity index (χ1v) is 10.0. The summed E-state index contributed by atoms with van der Waals surface area (Å²) < 4.78 is 5.05. The van der Waals surface area contributed by atoms with E-state index in [4.69, 9.17) is 4.74 Å². The van der Waals surface area contributed by atoms with Crippen molar-refractivity contribution in [1.29, 1.82) is 0 Å². The fourth-order valence-corrected chi connectivity index (χ4v) is 3.75. The summed E-state index contributed by atoms with van der Waals surface area (Å²) in [5, 5.41) is 18.2. The fourth-order valence-electron chi connectivity index (χ4n) is 2.80. The van der Waals surface area contributed by atoms with Gasteiger partial charge < -0.3 is 4.74 Å². The number of benzene rings is 1. The van der Waals surface area contributed by atoms with Gasteiger partial charge in [-0.3, -0.25) is 15.1 Å². The van der Waals surface area contributed by atoms with Gasteiger partial charge in [0, 0.05) is 12.8 Å². The van der Waals surface area contributed by atoms with E-state index in [-0.39, 0.29) is 24.6 Å². The van der Waals surface area contributed by atoms with Crippen LogP contribution >= 0.6 is 11.3 Å². The Labute approximate surface area is 167 Å². The second-order valence-electron chi connectivity index (χ2n) is 6.76. The van der Waals surface area contributed by atoms with Gasteiger partial charge in [0.15, 0.2) is 0 Å². The van der Waals surface area contributed by atoms with E-state index >= 15 is 0 Å². The van der Waals surface area contributed by atoms with Crippen molar-refractivity contribution in [3.8, 4) is 0 Å². The van der Waals surface area contributed by atoms with Crippen LogP contribution in [0, 0.1) is 5.92 Å². The van der Waals surface area contributed by atoms with Gasteiger partial charge in [-0.25, -0.2) is 4.79 Å². The number of rotatable bonds is 7. The van der Waals surface area contributed by atoms with Gasteiger partial charge in [-0.2, -0.15) is 5.10 Å². The number of carbonyl (C=O) groups excluding carboxylic acids is 2. The molecular weight excluding hydrogens is 378 g/mol. The van der Waals surface area contributed by atoms with E-state index in [0.29, 0.717) is 11.0 Å². The van der Waals surface area contributed by atoms with Gasteiger partial charge >= 0.3 is 5.97 Å². The molecule has 2 heterocycles. The van der Waals surface area contributed by atoms with Crippen molar-refractivity contribution >= 4 is 39.7 Å². The standard InChI is InChI=1S/C19H23N5O3S/c1-4-27-18(26)14-11-15(24(23-14)13-8-6-5-7-9-13)17(25)20-19-22-21-16(28-19)10-12(2)3/h5-9,12,15H,4,10-11H2,1-3H3,(H,20,22,25)/t15-/m1/s1. The molecule has 8 nitrogen and oxygen atoms in total. The largest absolute Gasteiger partial charge is 0.461 e. The molecule has 1 aliphatic rings. The molecule has 28 heavy (non-hydrogen) atoms. The Morgan fingerprint density at radius 1 is 1.29 bits per heavy atom. The molecular formula is C19H23N5O3S. The third kappa shape index (κ3) is 4.72. The number of amides is 1. The number of esters is 1. The Bertz CT molecular complexity index is 865. The second kappa shape index (κ2) is 8.92. The maximum absolute atomic E-state index is 12.9. The molecule has 0 fully saturated rings. The highest BCUT2D eigenvalue weighted by Gasteiger charge is 2.37. The van der Waals surface area contributed by atoms with Gasteiger partial charge in [-0.05, 0) is 25.0 Å². The van der Waals surface area contributed by atoms with Crippen molar-refractivity contribution in [2.75, 3.05) is 16.9 Å². The van der Waals surface area contributed by atoms with Crippen LogP contribution in [0.1, 0.15) is 32.2 Å². The lowest BCUT2D eigenvalue weighted by molar-refractivity contribution is -0.135. The molecule has 1 aromatic heterocycles. The predicted octanol–water partition coefficient (Wildman–Crippen LogP) is 2.87. The molecule has 0 saturated heterocycles. The summed E-state index contributed by atoms with van der Waals surface area (Å²) >= 11 is 1.36. The van der Waals surface area contributed by atoms with Crippen LogP contribution in [-0.2, 0) is 20.7 Å². The third-order valence-electron chi connectivity index (χ3n) is 4.02. The summed E-state index contributed by atoms with van der Waals surface area (Å²) in [7, 11) is 0. The Balaban J connectivity index is 1.77. The smallest absolute Gasteiger partial charge is 0.354 e. The third-order valence-corrected chi connectivity index (χ3v) is 4.89. The van der Waals surface area contributed by atoms with Crippen molar-refractivity contribution in [1.82, 2.24) is 10.2 Å². The number of carbonyl (C=O) groups is 2. The fraction of sp³-hybridized carbons (Fsp3) is 0.421. The number of ether oxygens (including phenoxy) is 1. The van der Waals surface area contributed by atoms with Crippen molar-refractivity contribution < 1.29 is 14.3 Å². The number of anilines is 2. The molecule has 0 bridgehead atoms. The van der Waals surface area contributed by atoms with E-state index < -0.39 is 12.0 Å². The maximum Gasteiger partial charge on any atom is 0.354 e. The van der Waals surface area contributed by atoms with Gasteiger partial charge in [0.1, 0.15) is 16.8 Å². The molecule has 1 amide bonds. The Morgan fingerprint density at radius 3 is 2.71 bits per heavy atom. The number of nitrogens with one attached hydrogen (secondary N) is 1. The topological polar surface area (TPSA) is 96.8 Å². The number of para-hydroxylation sites is 1. The highest BCUT2D eigenvalue weighted by Crippen LogP contribution is 2.26. The van der Waals surface area contributed by atoms with Crippen LogP contribution in [0.3, 0.4) is 0 Å². The molecule has 0 aliphatic carbocycles. The van der Waals surface area contributed by atoms with E-state index in [9.17, 15) is 9.59 Å². The zero-order chi connectivity index (χ0) is 20.1. The average Bonchev–Trinajstić information content (AvgIpc) is 3.29. The van der Waals surface area contributed by atoms with Crippen LogP contribution in [0.5, 0.6) is 0 Å². The number of hydrogen-bond acceptors (Lipinski definition) is 8. The van der Waals surface area contributed by atoms with E-state index in [0.717, 1.165) is 17.1 Å². The summed E-state index contributed by atoms with van der Waals surface area (Å²) in [4.78, 5) is 25.0. The number of hydrazone groups is 1. The zero-order valence-electron chi connectivity index (χ0n) is 16.1. The molecule has 0 unspecified atom stereocenters. The van der Waals surface area contributed by atoms with Gasteiger partial charge in [0.2, 0.25) is 5.13 Å². The number of hydrogen-bond donors (Lipinski definition) is 1. The molecule has 0 saturated carbocycles. The Morgan fingerprint density at radius 2 is 2.04 bits per heavy atom. The molecule has 3 rings (SSSR count). The summed E-state index contributed by atoms with van der Waals surface area (Å²) in [6.07, 6.45) is 0.973. The van der Waals surface area contributed by atoms with E-state index in [1.54, 1.807) is 11.9 Å². The lowest BCUT2D eigenvalue weighted by atomic mass is 10.1. The molecule has 0 spiro atoms. The highest BCUT2D eigenvalue weighted by atomic mass is 32.1. The van der Waals surface area contributed by atoms with Crippen molar-refractivity contribution in [2.24, 2.45) is 11.0 Å². The highest BCUT2D eigenvalue weighted by molar-refractivity contribution is 7.15. The maximum atomic E-state index is 12.9. The molecule has 2 aromatic rings. The van der Waals surface area contributed by atoms with Gasteiger partial charge in [-0.1, -0.05) is 43.4 Å². The minimum Gasteiger partial charge on any atom is -0.461 e. The van der Waals surface area contributed by atoms with Crippen molar-refractivity contribution in [3.05, 3.63) is 35.3 Å². The lowest BCUT2D eigenvalue weighted by Gasteiger charge is -2.22. The number of nitrogens with zero attached hydrogens (tertiary/aromatic N) is 4. The first-order valence-electron chi connectivity index (χ1n) is 9.20. The Hall–Kier alpha value is -2.81. The SMILES string of the molecule is CCOC(=O)C1=NN(c2ccccc2)[C@@H](C(=O)Nc2nnc(CC(C)C)s2)C1. The van der Waals surface area contributed by atoms with Crippen LogP contribution < -0.4 is 10.3 Å². The van der Waals surface area contributed by atoms with Crippen molar-refractivity contribution in [2.45, 2.75) is 39.7 Å². The summed E-state index contributed by atoms with van der Waals surface area (Å²) in [6, 6.07) is 8.59. The molecule has 1 atom stereocenters. The van der Waals surface area contributed by atoms with Crippen molar-refractivity contribution in [3.63, 3.8) is 0 Å². The van der Waals surface area contributed by atoms with Crippen LogP contribution in [0.25, 0.3) is 0 Å². The van der Waals surface area contributed by atoms with E-state index in [1.165, 1.54) is 11.3 Å². The molecule has 1 aromatic carbocycles. The second-order valence-corrected chi connectivity index (χ2v) is 7.82. The monoisotopic (exact) mass is 401 g/mol. The van der Waals surface area contributed by atoms with Gasteiger partial charge in [0.25, 0.3) is 5.91 Å². The van der Waals surface area contributed by atoms with E-state index in [1.807, 2.05) is 30.3 Å². The predicted molar refractivity (Wildman–Crippen MR) is 108 cm³/mol. The molecule has 1 N–H and O–H groups in total. The minimum atomic E-state index is -0.667. The van der Waals surface area contributed by atoms with Crippen LogP contribution in [0.15, 0.2) is 35.4 Å². The first-order chi connectivity index (χ1) is 13.5. The normalized spacial score (nSPS) is 16.2. The average molecular weight is 401 g/mol. The lowest BCUT2D eigenvalue weighted by Crippen LogP contribution is -2.38. The van der Waals surface area contributed by atoms with Gasteiger partial charge in [0.05, 0.1) is 12.3 Å². The summed E-state index contributed by atoms with van der Waals surface area (Å²) in [5.41, 5.74) is 0.948. The molecule has 0 radical (unpaired) electrons. The molecule has 148 valence electrons. The summed E-state index contributed by atoms with van der Waals surface area (Å²) in [5.74, 6) is -0.339.